The van der Waals surface area contributed by atoms with E-state index in [0.717, 1.165) is 32.0 Å². The lowest BCUT2D eigenvalue weighted by molar-refractivity contribution is 0.126. The summed E-state index contributed by atoms with van der Waals surface area (Å²) < 4.78 is 24.9. The Morgan fingerprint density at radius 1 is 1.24 bits per heavy atom. The van der Waals surface area contributed by atoms with Crippen molar-refractivity contribution in [1.82, 2.24) is 9.97 Å². The standard InChI is InChI=1S/C11H15F2N3O/c12-11(13)9-5-10(15-6-14-9)16-7-1-3-8(17)4-2-7/h5-8,11,17H,1-4H2,(H,14,15,16). The fourth-order valence-corrected chi connectivity index (χ4v) is 2.00. The Labute approximate surface area is 98.1 Å². The Bertz CT molecular complexity index is 367. The van der Waals surface area contributed by atoms with E-state index in [-0.39, 0.29) is 17.8 Å². The van der Waals surface area contributed by atoms with Crippen molar-refractivity contribution in [2.75, 3.05) is 5.32 Å². The molecule has 0 bridgehead atoms. The molecule has 0 radical (unpaired) electrons. The number of nitrogens with one attached hydrogen (secondary N) is 1. The van der Waals surface area contributed by atoms with Crippen LogP contribution in [0.5, 0.6) is 0 Å². The molecule has 4 nitrogen and oxygen atoms in total. The Balaban J connectivity index is 1.96. The first-order valence-corrected chi connectivity index (χ1v) is 5.70. The number of rotatable bonds is 3. The zero-order valence-corrected chi connectivity index (χ0v) is 9.31. The molecular formula is C11H15F2N3O. The second kappa shape index (κ2) is 5.35. The van der Waals surface area contributed by atoms with Crippen molar-refractivity contribution in [3.63, 3.8) is 0 Å². The molecule has 1 saturated carbocycles. The lowest BCUT2D eigenvalue weighted by atomic mass is 9.93. The van der Waals surface area contributed by atoms with E-state index in [2.05, 4.69) is 15.3 Å². The number of anilines is 1. The van der Waals surface area contributed by atoms with Crippen molar-refractivity contribution in [3.05, 3.63) is 18.1 Å². The summed E-state index contributed by atoms with van der Waals surface area (Å²) in [4.78, 5) is 7.42. The fourth-order valence-electron chi connectivity index (χ4n) is 2.00. The summed E-state index contributed by atoms with van der Waals surface area (Å²) >= 11 is 0. The quantitative estimate of drug-likeness (QED) is 0.853. The molecule has 1 heterocycles. The maximum absolute atomic E-state index is 12.4. The van der Waals surface area contributed by atoms with Gasteiger partial charge in [0.25, 0.3) is 6.43 Å². The second-order valence-corrected chi connectivity index (χ2v) is 4.28. The minimum Gasteiger partial charge on any atom is -0.393 e. The highest BCUT2D eigenvalue weighted by Gasteiger charge is 2.19. The SMILES string of the molecule is OC1CCC(Nc2cc(C(F)F)ncn2)CC1. The highest BCUT2D eigenvalue weighted by molar-refractivity contribution is 5.36. The first-order valence-electron chi connectivity index (χ1n) is 5.70. The molecule has 94 valence electrons. The topological polar surface area (TPSA) is 58.0 Å². The highest BCUT2D eigenvalue weighted by Crippen LogP contribution is 2.23. The first-order chi connectivity index (χ1) is 8.15. The first kappa shape index (κ1) is 12.2. The van der Waals surface area contributed by atoms with Crippen LogP contribution in [0.15, 0.2) is 12.4 Å². The van der Waals surface area contributed by atoms with Crippen LogP contribution in [0.25, 0.3) is 0 Å². The van der Waals surface area contributed by atoms with E-state index < -0.39 is 6.43 Å². The van der Waals surface area contributed by atoms with Crippen LogP contribution in [-0.2, 0) is 0 Å². The molecule has 0 aromatic carbocycles. The number of aliphatic hydroxyl groups excluding tert-OH is 1. The third-order valence-electron chi connectivity index (χ3n) is 2.96. The van der Waals surface area contributed by atoms with Gasteiger partial charge in [-0.25, -0.2) is 18.7 Å². The van der Waals surface area contributed by atoms with E-state index in [1.165, 1.54) is 6.07 Å². The van der Waals surface area contributed by atoms with Crippen LogP contribution in [-0.4, -0.2) is 27.2 Å². The van der Waals surface area contributed by atoms with Gasteiger partial charge in [-0.2, -0.15) is 0 Å². The molecule has 2 rings (SSSR count). The van der Waals surface area contributed by atoms with Gasteiger partial charge in [0.2, 0.25) is 0 Å². The maximum Gasteiger partial charge on any atom is 0.280 e. The predicted molar refractivity (Wildman–Crippen MR) is 58.9 cm³/mol. The van der Waals surface area contributed by atoms with Crippen LogP contribution in [0, 0.1) is 0 Å². The zero-order chi connectivity index (χ0) is 12.3. The number of hydrogen-bond donors (Lipinski definition) is 2. The van der Waals surface area contributed by atoms with Gasteiger partial charge in [-0.1, -0.05) is 0 Å². The van der Waals surface area contributed by atoms with E-state index >= 15 is 0 Å². The molecule has 0 spiro atoms. The molecular weight excluding hydrogens is 228 g/mol. The van der Waals surface area contributed by atoms with Gasteiger partial charge >= 0.3 is 0 Å². The molecule has 1 fully saturated rings. The van der Waals surface area contributed by atoms with E-state index in [1.807, 2.05) is 0 Å². The Hall–Kier alpha value is -1.30. The second-order valence-electron chi connectivity index (χ2n) is 4.28. The van der Waals surface area contributed by atoms with Crippen LogP contribution in [0.3, 0.4) is 0 Å². The monoisotopic (exact) mass is 243 g/mol. The highest BCUT2D eigenvalue weighted by atomic mass is 19.3. The van der Waals surface area contributed by atoms with Gasteiger partial charge in [-0.3, -0.25) is 0 Å². The van der Waals surface area contributed by atoms with Gasteiger partial charge in [0.15, 0.2) is 0 Å². The van der Waals surface area contributed by atoms with Gasteiger partial charge in [0.05, 0.1) is 6.10 Å². The summed E-state index contributed by atoms with van der Waals surface area (Å²) in [6.07, 6.45) is 1.47. The summed E-state index contributed by atoms with van der Waals surface area (Å²) in [5, 5.41) is 12.5. The summed E-state index contributed by atoms with van der Waals surface area (Å²) in [7, 11) is 0. The van der Waals surface area contributed by atoms with Crippen LogP contribution in [0.1, 0.15) is 37.8 Å². The smallest absolute Gasteiger partial charge is 0.280 e. The molecule has 1 aromatic heterocycles. The molecule has 2 N–H and O–H groups in total. The number of hydrogen-bond acceptors (Lipinski definition) is 4. The van der Waals surface area contributed by atoms with Crippen molar-refractivity contribution >= 4 is 5.82 Å². The molecule has 0 saturated heterocycles. The predicted octanol–water partition coefficient (Wildman–Crippen LogP) is 2.13. The van der Waals surface area contributed by atoms with E-state index in [0.29, 0.717) is 5.82 Å². The molecule has 0 atom stereocenters. The number of nitrogens with zero attached hydrogens (tertiary/aromatic N) is 2. The minimum absolute atomic E-state index is 0.193. The summed E-state index contributed by atoms with van der Waals surface area (Å²) in [5.41, 5.74) is -0.265. The summed E-state index contributed by atoms with van der Waals surface area (Å²) in [6.45, 7) is 0. The number of aliphatic hydroxyl groups is 1. The van der Waals surface area contributed by atoms with Crippen LogP contribution in [0.4, 0.5) is 14.6 Å². The molecule has 0 unspecified atom stereocenters. The fraction of sp³-hybridized carbons (Fsp3) is 0.636. The van der Waals surface area contributed by atoms with Gasteiger partial charge in [-0.05, 0) is 25.7 Å². The third-order valence-corrected chi connectivity index (χ3v) is 2.96. The van der Waals surface area contributed by atoms with Crippen LogP contribution >= 0.6 is 0 Å². The molecule has 0 aliphatic heterocycles. The van der Waals surface area contributed by atoms with Gasteiger partial charge in [0.1, 0.15) is 17.8 Å². The lowest BCUT2D eigenvalue weighted by Gasteiger charge is -2.26. The minimum atomic E-state index is -2.58. The van der Waals surface area contributed by atoms with Crippen molar-refractivity contribution < 1.29 is 13.9 Å². The molecule has 0 amide bonds. The Morgan fingerprint density at radius 2 is 1.94 bits per heavy atom. The average Bonchev–Trinajstić information content (AvgIpc) is 2.32. The van der Waals surface area contributed by atoms with Crippen molar-refractivity contribution in [3.8, 4) is 0 Å². The van der Waals surface area contributed by atoms with Crippen LogP contribution < -0.4 is 5.32 Å². The van der Waals surface area contributed by atoms with Crippen molar-refractivity contribution in [1.29, 1.82) is 0 Å². The molecule has 6 heteroatoms. The number of alkyl halides is 2. The Kier molecular flexibility index (Phi) is 3.83. The molecule has 1 aromatic rings. The van der Waals surface area contributed by atoms with Crippen molar-refractivity contribution in [2.24, 2.45) is 0 Å². The zero-order valence-electron chi connectivity index (χ0n) is 9.31. The Morgan fingerprint density at radius 3 is 2.59 bits per heavy atom. The molecule has 1 aliphatic carbocycles. The van der Waals surface area contributed by atoms with E-state index in [4.69, 9.17) is 0 Å². The van der Waals surface area contributed by atoms with Gasteiger partial charge < -0.3 is 10.4 Å². The van der Waals surface area contributed by atoms with Crippen LogP contribution in [0.2, 0.25) is 0 Å². The summed E-state index contributed by atoms with van der Waals surface area (Å²) in [6, 6.07) is 1.47. The number of halogens is 2. The summed E-state index contributed by atoms with van der Waals surface area (Å²) in [5.74, 6) is 0.427. The van der Waals surface area contributed by atoms with Gasteiger partial charge in [-0.15, -0.1) is 0 Å². The average molecular weight is 243 g/mol. The third kappa shape index (κ3) is 3.33. The van der Waals surface area contributed by atoms with Gasteiger partial charge in [0, 0.05) is 12.1 Å². The number of aromatic nitrogens is 2. The van der Waals surface area contributed by atoms with E-state index in [9.17, 15) is 13.9 Å². The molecule has 17 heavy (non-hydrogen) atoms. The maximum atomic E-state index is 12.4. The lowest BCUT2D eigenvalue weighted by Crippen LogP contribution is -2.28. The molecule has 1 aliphatic rings. The largest absolute Gasteiger partial charge is 0.393 e. The van der Waals surface area contributed by atoms with Crippen molar-refractivity contribution in [2.45, 2.75) is 44.3 Å². The normalized spacial score (nSPS) is 24.9. The van der Waals surface area contributed by atoms with E-state index in [1.54, 1.807) is 0 Å².